The average molecular weight is 308 g/mol. The first-order valence-corrected chi connectivity index (χ1v) is 7.16. The first-order valence-electron chi connectivity index (χ1n) is 7.16. The molecule has 3 aromatic carbocycles. The van der Waals surface area contributed by atoms with E-state index in [9.17, 15) is 20.4 Å². The maximum atomic E-state index is 10.3. The van der Waals surface area contributed by atoms with Crippen LogP contribution < -0.4 is 0 Å². The molecule has 23 heavy (non-hydrogen) atoms. The van der Waals surface area contributed by atoms with E-state index < -0.39 is 5.92 Å². The summed E-state index contributed by atoms with van der Waals surface area (Å²) < 4.78 is 0. The Labute approximate surface area is 133 Å². The van der Waals surface area contributed by atoms with Crippen LogP contribution in [0.5, 0.6) is 23.0 Å². The number of hydrogen-bond donors (Lipinski definition) is 4. The molecule has 4 heteroatoms. The van der Waals surface area contributed by atoms with Gasteiger partial charge in [-0.3, -0.25) is 0 Å². The van der Waals surface area contributed by atoms with Crippen molar-refractivity contribution in [2.45, 2.75) is 5.92 Å². The maximum Gasteiger partial charge on any atom is 0.161 e. The summed E-state index contributed by atoms with van der Waals surface area (Å²) in [5.41, 5.74) is 1.70. The van der Waals surface area contributed by atoms with Gasteiger partial charge in [0.1, 0.15) is 0 Å². The van der Waals surface area contributed by atoms with Gasteiger partial charge < -0.3 is 20.4 Å². The third-order valence-corrected chi connectivity index (χ3v) is 3.85. The van der Waals surface area contributed by atoms with Crippen LogP contribution in [-0.2, 0) is 0 Å². The minimum absolute atomic E-state index is 0.233. The molecule has 0 amide bonds. The maximum absolute atomic E-state index is 10.3. The summed E-state index contributed by atoms with van der Waals surface area (Å²) in [6.07, 6.45) is 0. The lowest BCUT2D eigenvalue weighted by Crippen LogP contribution is -2.04. The number of benzene rings is 3. The fourth-order valence-electron chi connectivity index (χ4n) is 2.74. The topological polar surface area (TPSA) is 80.9 Å². The highest BCUT2D eigenvalue weighted by molar-refractivity contribution is 5.58. The Hall–Kier alpha value is -3.14. The zero-order valence-corrected chi connectivity index (χ0v) is 12.2. The predicted octanol–water partition coefficient (Wildman–Crippen LogP) is 3.69. The standard InChI is InChI=1S/C19H16O4/c20-15-10-4-8-13(18(15)22)17(12-6-2-1-3-7-12)14-9-5-11-16(21)19(14)23/h1-11,17,20-23H. The van der Waals surface area contributed by atoms with Crippen molar-refractivity contribution in [3.63, 3.8) is 0 Å². The van der Waals surface area contributed by atoms with Crippen molar-refractivity contribution in [2.24, 2.45) is 0 Å². The van der Waals surface area contributed by atoms with Crippen LogP contribution in [0, 0.1) is 0 Å². The van der Waals surface area contributed by atoms with Gasteiger partial charge in [0.05, 0.1) is 0 Å². The van der Waals surface area contributed by atoms with E-state index in [1.165, 1.54) is 12.1 Å². The van der Waals surface area contributed by atoms with Crippen LogP contribution in [-0.4, -0.2) is 20.4 Å². The smallest absolute Gasteiger partial charge is 0.161 e. The number of rotatable bonds is 3. The Morgan fingerprint density at radius 2 is 1.00 bits per heavy atom. The minimum Gasteiger partial charge on any atom is -0.504 e. The molecule has 4 nitrogen and oxygen atoms in total. The molecule has 0 unspecified atom stereocenters. The Balaban J connectivity index is 2.27. The van der Waals surface area contributed by atoms with Crippen molar-refractivity contribution < 1.29 is 20.4 Å². The molecule has 0 radical (unpaired) electrons. The number of para-hydroxylation sites is 2. The lowest BCUT2D eigenvalue weighted by molar-refractivity contribution is 0.393. The molecule has 4 N–H and O–H groups in total. The summed E-state index contributed by atoms with van der Waals surface area (Å²) >= 11 is 0. The Bertz CT molecular complexity index is 777. The summed E-state index contributed by atoms with van der Waals surface area (Å²) in [6, 6.07) is 18.7. The van der Waals surface area contributed by atoms with E-state index in [2.05, 4.69) is 0 Å². The molecule has 116 valence electrons. The van der Waals surface area contributed by atoms with Crippen molar-refractivity contribution in [2.75, 3.05) is 0 Å². The van der Waals surface area contributed by atoms with E-state index in [1.54, 1.807) is 24.3 Å². The first-order chi connectivity index (χ1) is 11.1. The van der Waals surface area contributed by atoms with Gasteiger partial charge in [-0.25, -0.2) is 0 Å². The fraction of sp³-hybridized carbons (Fsp3) is 0.0526. The van der Waals surface area contributed by atoms with Crippen molar-refractivity contribution in [3.05, 3.63) is 83.4 Å². The molecule has 0 aliphatic rings. The zero-order valence-electron chi connectivity index (χ0n) is 12.2. The van der Waals surface area contributed by atoms with Crippen LogP contribution in [0.4, 0.5) is 0 Å². The van der Waals surface area contributed by atoms with Gasteiger partial charge in [0.25, 0.3) is 0 Å². The van der Waals surface area contributed by atoms with Gasteiger partial charge in [-0.15, -0.1) is 0 Å². The minimum atomic E-state index is -0.532. The molecule has 0 atom stereocenters. The van der Waals surface area contributed by atoms with Gasteiger partial charge in [0.2, 0.25) is 0 Å². The monoisotopic (exact) mass is 308 g/mol. The first kappa shape index (κ1) is 14.8. The third-order valence-electron chi connectivity index (χ3n) is 3.85. The largest absolute Gasteiger partial charge is 0.504 e. The molecule has 0 aromatic heterocycles. The molecule has 0 heterocycles. The van der Waals surface area contributed by atoms with E-state index in [0.717, 1.165) is 5.56 Å². The molecular weight excluding hydrogens is 292 g/mol. The fourth-order valence-corrected chi connectivity index (χ4v) is 2.74. The van der Waals surface area contributed by atoms with E-state index >= 15 is 0 Å². The molecule has 3 aromatic rings. The SMILES string of the molecule is Oc1cccc(C(c2ccccc2)c2cccc(O)c2O)c1O. The summed E-state index contributed by atoms with van der Waals surface area (Å²) in [7, 11) is 0. The Morgan fingerprint density at radius 3 is 1.48 bits per heavy atom. The summed E-state index contributed by atoms with van der Waals surface area (Å²) in [4.78, 5) is 0. The zero-order chi connectivity index (χ0) is 16.4. The van der Waals surface area contributed by atoms with Gasteiger partial charge in [0.15, 0.2) is 23.0 Å². The second-order valence-corrected chi connectivity index (χ2v) is 5.27. The van der Waals surface area contributed by atoms with Crippen molar-refractivity contribution in [3.8, 4) is 23.0 Å². The summed E-state index contributed by atoms with van der Waals surface area (Å²) in [5.74, 6) is -1.49. The molecular formula is C19H16O4. The number of phenolic OH excluding ortho intramolecular Hbond substituents is 4. The van der Waals surface area contributed by atoms with Gasteiger partial charge in [-0.2, -0.15) is 0 Å². The van der Waals surface area contributed by atoms with Crippen LogP contribution in [0.3, 0.4) is 0 Å². The molecule has 0 aliphatic carbocycles. The summed E-state index contributed by atoms with van der Waals surface area (Å²) in [5, 5.41) is 40.1. The van der Waals surface area contributed by atoms with Crippen molar-refractivity contribution >= 4 is 0 Å². The second-order valence-electron chi connectivity index (χ2n) is 5.27. The van der Waals surface area contributed by atoms with E-state index in [4.69, 9.17) is 0 Å². The lowest BCUT2D eigenvalue weighted by atomic mass is 9.84. The highest BCUT2D eigenvalue weighted by atomic mass is 16.3. The highest BCUT2D eigenvalue weighted by Gasteiger charge is 2.24. The lowest BCUT2D eigenvalue weighted by Gasteiger charge is -2.21. The van der Waals surface area contributed by atoms with Crippen molar-refractivity contribution in [1.29, 1.82) is 0 Å². The van der Waals surface area contributed by atoms with Crippen LogP contribution in [0.25, 0.3) is 0 Å². The molecule has 0 saturated carbocycles. The molecule has 0 bridgehead atoms. The van der Waals surface area contributed by atoms with Crippen LogP contribution in [0.15, 0.2) is 66.7 Å². The Morgan fingerprint density at radius 1 is 0.522 bits per heavy atom. The normalized spacial score (nSPS) is 10.8. The molecule has 3 rings (SSSR count). The van der Waals surface area contributed by atoms with E-state index in [-0.39, 0.29) is 23.0 Å². The van der Waals surface area contributed by atoms with Gasteiger partial charge >= 0.3 is 0 Å². The predicted molar refractivity (Wildman–Crippen MR) is 86.9 cm³/mol. The van der Waals surface area contributed by atoms with Crippen molar-refractivity contribution in [1.82, 2.24) is 0 Å². The van der Waals surface area contributed by atoms with E-state index in [0.29, 0.717) is 11.1 Å². The molecule has 0 saturated heterocycles. The second kappa shape index (κ2) is 5.93. The van der Waals surface area contributed by atoms with Gasteiger partial charge in [0, 0.05) is 17.0 Å². The van der Waals surface area contributed by atoms with Gasteiger partial charge in [-0.1, -0.05) is 54.6 Å². The molecule has 0 fully saturated rings. The highest BCUT2D eigenvalue weighted by Crippen LogP contribution is 2.45. The van der Waals surface area contributed by atoms with Gasteiger partial charge in [-0.05, 0) is 17.7 Å². The van der Waals surface area contributed by atoms with Crippen LogP contribution in [0.1, 0.15) is 22.6 Å². The molecule has 0 spiro atoms. The average Bonchev–Trinajstić information content (AvgIpc) is 2.56. The van der Waals surface area contributed by atoms with Crippen LogP contribution >= 0.6 is 0 Å². The van der Waals surface area contributed by atoms with E-state index in [1.807, 2.05) is 30.3 Å². The third kappa shape index (κ3) is 2.66. The number of phenols is 4. The summed E-state index contributed by atoms with van der Waals surface area (Å²) in [6.45, 7) is 0. The number of hydrogen-bond acceptors (Lipinski definition) is 4. The quantitative estimate of drug-likeness (QED) is 0.439. The Kier molecular flexibility index (Phi) is 3.81. The number of aromatic hydroxyl groups is 4. The van der Waals surface area contributed by atoms with Crippen LogP contribution in [0.2, 0.25) is 0 Å². The molecule has 0 aliphatic heterocycles.